The van der Waals surface area contributed by atoms with Crippen molar-refractivity contribution in [2.24, 2.45) is 0 Å². The van der Waals surface area contributed by atoms with E-state index in [2.05, 4.69) is 12.2 Å². The van der Waals surface area contributed by atoms with E-state index in [1.807, 2.05) is 36.1 Å². The summed E-state index contributed by atoms with van der Waals surface area (Å²) in [4.78, 5) is 14.0. The SMILES string of the molecule is Cc1ccc(OCC(C)NCC(=O)N2CCCCC2)cc1. The molecule has 1 saturated heterocycles. The first-order valence-electron chi connectivity index (χ1n) is 7.86. The van der Waals surface area contributed by atoms with E-state index in [1.54, 1.807) is 0 Å². The molecule has 1 fully saturated rings. The summed E-state index contributed by atoms with van der Waals surface area (Å²) in [6, 6.07) is 8.17. The lowest BCUT2D eigenvalue weighted by Crippen LogP contribution is -2.44. The Labute approximate surface area is 127 Å². The van der Waals surface area contributed by atoms with Gasteiger partial charge in [0.25, 0.3) is 0 Å². The van der Waals surface area contributed by atoms with Crippen molar-refractivity contribution >= 4 is 5.91 Å². The van der Waals surface area contributed by atoms with Gasteiger partial charge in [-0.25, -0.2) is 0 Å². The van der Waals surface area contributed by atoms with Gasteiger partial charge in [0.2, 0.25) is 5.91 Å². The molecule has 0 spiro atoms. The molecular weight excluding hydrogens is 264 g/mol. The molecule has 4 heteroatoms. The Bertz CT molecular complexity index is 439. The predicted octanol–water partition coefficient (Wildman–Crippen LogP) is 2.36. The standard InChI is InChI=1S/C17H26N2O2/c1-14-6-8-16(9-7-14)21-13-15(2)18-12-17(20)19-10-4-3-5-11-19/h6-9,15,18H,3-5,10-13H2,1-2H3. The van der Waals surface area contributed by atoms with Gasteiger partial charge in [-0.1, -0.05) is 17.7 Å². The highest BCUT2D eigenvalue weighted by atomic mass is 16.5. The van der Waals surface area contributed by atoms with E-state index in [0.29, 0.717) is 13.2 Å². The van der Waals surface area contributed by atoms with Crippen molar-refractivity contribution in [3.8, 4) is 5.75 Å². The lowest BCUT2D eigenvalue weighted by molar-refractivity contribution is -0.131. The van der Waals surface area contributed by atoms with Crippen LogP contribution in [0.3, 0.4) is 0 Å². The van der Waals surface area contributed by atoms with Crippen LogP contribution in [0.1, 0.15) is 31.7 Å². The molecule has 2 rings (SSSR count). The van der Waals surface area contributed by atoms with Crippen LogP contribution in [0.2, 0.25) is 0 Å². The highest BCUT2D eigenvalue weighted by Gasteiger charge is 2.16. The Hall–Kier alpha value is -1.55. The Balaban J connectivity index is 1.65. The zero-order chi connectivity index (χ0) is 15.1. The van der Waals surface area contributed by atoms with Crippen molar-refractivity contribution in [1.82, 2.24) is 10.2 Å². The van der Waals surface area contributed by atoms with E-state index in [4.69, 9.17) is 4.74 Å². The number of likely N-dealkylation sites (tertiary alicyclic amines) is 1. The number of carbonyl (C=O) groups excluding carboxylic acids is 1. The van der Waals surface area contributed by atoms with Crippen molar-refractivity contribution in [2.45, 2.75) is 39.2 Å². The summed E-state index contributed by atoms with van der Waals surface area (Å²) in [5.41, 5.74) is 1.22. The molecule has 1 aliphatic rings. The third-order valence-corrected chi connectivity index (χ3v) is 3.83. The zero-order valence-electron chi connectivity index (χ0n) is 13.1. The van der Waals surface area contributed by atoms with Crippen LogP contribution in [-0.2, 0) is 4.79 Å². The molecular formula is C17H26N2O2. The summed E-state index contributed by atoms with van der Waals surface area (Å²) in [6.07, 6.45) is 3.52. The second-order valence-corrected chi connectivity index (χ2v) is 5.85. The summed E-state index contributed by atoms with van der Waals surface area (Å²) in [5, 5.41) is 3.25. The fraction of sp³-hybridized carbons (Fsp3) is 0.588. The maximum atomic E-state index is 12.0. The van der Waals surface area contributed by atoms with Gasteiger partial charge in [0.15, 0.2) is 0 Å². The van der Waals surface area contributed by atoms with Gasteiger partial charge in [-0.15, -0.1) is 0 Å². The van der Waals surface area contributed by atoms with Crippen LogP contribution in [-0.4, -0.2) is 43.1 Å². The van der Waals surface area contributed by atoms with Gasteiger partial charge in [-0.3, -0.25) is 4.79 Å². The van der Waals surface area contributed by atoms with Crippen LogP contribution in [0.25, 0.3) is 0 Å². The highest BCUT2D eigenvalue weighted by Crippen LogP contribution is 2.11. The molecule has 21 heavy (non-hydrogen) atoms. The predicted molar refractivity (Wildman–Crippen MR) is 84.6 cm³/mol. The van der Waals surface area contributed by atoms with E-state index in [0.717, 1.165) is 31.7 Å². The van der Waals surface area contributed by atoms with Gasteiger partial charge < -0.3 is 15.0 Å². The van der Waals surface area contributed by atoms with Crippen molar-refractivity contribution < 1.29 is 9.53 Å². The largest absolute Gasteiger partial charge is 0.492 e. The Morgan fingerprint density at radius 3 is 2.57 bits per heavy atom. The van der Waals surface area contributed by atoms with Gasteiger partial charge in [0.05, 0.1) is 6.54 Å². The monoisotopic (exact) mass is 290 g/mol. The van der Waals surface area contributed by atoms with Crippen LogP contribution in [0.5, 0.6) is 5.75 Å². The smallest absolute Gasteiger partial charge is 0.236 e. The van der Waals surface area contributed by atoms with E-state index in [1.165, 1.54) is 12.0 Å². The number of rotatable bonds is 6. The first kappa shape index (κ1) is 15.8. The minimum Gasteiger partial charge on any atom is -0.492 e. The highest BCUT2D eigenvalue weighted by molar-refractivity contribution is 5.78. The fourth-order valence-corrected chi connectivity index (χ4v) is 2.43. The molecule has 1 N–H and O–H groups in total. The summed E-state index contributed by atoms with van der Waals surface area (Å²) < 4.78 is 5.71. The average molecular weight is 290 g/mol. The maximum absolute atomic E-state index is 12.0. The number of piperidine rings is 1. The topological polar surface area (TPSA) is 41.6 Å². The molecule has 0 saturated carbocycles. The van der Waals surface area contributed by atoms with Gasteiger partial charge in [-0.2, -0.15) is 0 Å². The Kier molecular flexibility index (Phi) is 6.05. The van der Waals surface area contributed by atoms with Crippen LogP contribution in [0.15, 0.2) is 24.3 Å². The first-order chi connectivity index (χ1) is 10.1. The van der Waals surface area contributed by atoms with Gasteiger partial charge in [0.1, 0.15) is 12.4 Å². The molecule has 1 aromatic carbocycles. The second-order valence-electron chi connectivity index (χ2n) is 5.85. The molecule has 1 heterocycles. The van der Waals surface area contributed by atoms with Crippen LogP contribution in [0.4, 0.5) is 0 Å². The third kappa shape index (κ3) is 5.38. The Morgan fingerprint density at radius 1 is 1.24 bits per heavy atom. The van der Waals surface area contributed by atoms with Crippen molar-refractivity contribution in [1.29, 1.82) is 0 Å². The second kappa shape index (κ2) is 8.03. The van der Waals surface area contributed by atoms with E-state index in [9.17, 15) is 4.79 Å². The van der Waals surface area contributed by atoms with Crippen LogP contribution in [0, 0.1) is 6.92 Å². The van der Waals surface area contributed by atoms with Crippen molar-refractivity contribution in [3.63, 3.8) is 0 Å². The number of nitrogens with zero attached hydrogens (tertiary/aromatic N) is 1. The normalized spacial score (nSPS) is 16.6. The number of ether oxygens (including phenoxy) is 1. The molecule has 1 amide bonds. The Morgan fingerprint density at radius 2 is 1.90 bits per heavy atom. The van der Waals surface area contributed by atoms with E-state index in [-0.39, 0.29) is 11.9 Å². The minimum atomic E-state index is 0.153. The molecule has 0 aromatic heterocycles. The molecule has 4 nitrogen and oxygen atoms in total. The molecule has 116 valence electrons. The lowest BCUT2D eigenvalue weighted by atomic mass is 10.1. The maximum Gasteiger partial charge on any atom is 0.236 e. The number of nitrogens with one attached hydrogen (secondary N) is 1. The van der Waals surface area contributed by atoms with Gasteiger partial charge in [0, 0.05) is 19.1 Å². The molecule has 1 aromatic rings. The lowest BCUT2D eigenvalue weighted by Gasteiger charge is -2.27. The summed E-state index contributed by atoms with van der Waals surface area (Å²) in [6.45, 7) is 6.89. The van der Waals surface area contributed by atoms with Crippen molar-refractivity contribution in [3.05, 3.63) is 29.8 Å². The molecule has 0 radical (unpaired) electrons. The quantitative estimate of drug-likeness (QED) is 0.874. The summed E-state index contributed by atoms with van der Waals surface area (Å²) >= 11 is 0. The molecule has 0 aliphatic carbocycles. The fourth-order valence-electron chi connectivity index (χ4n) is 2.43. The third-order valence-electron chi connectivity index (χ3n) is 3.83. The average Bonchev–Trinajstić information content (AvgIpc) is 2.53. The molecule has 0 bridgehead atoms. The van der Waals surface area contributed by atoms with Crippen molar-refractivity contribution in [2.75, 3.05) is 26.2 Å². The molecule has 1 unspecified atom stereocenters. The number of hydrogen-bond donors (Lipinski definition) is 1. The molecule has 1 aliphatic heterocycles. The van der Waals surface area contributed by atoms with Crippen LogP contribution < -0.4 is 10.1 Å². The minimum absolute atomic E-state index is 0.153. The number of hydrogen-bond acceptors (Lipinski definition) is 3. The van der Waals surface area contributed by atoms with Crippen LogP contribution >= 0.6 is 0 Å². The number of aryl methyl sites for hydroxylation is 1. The van der Waals surface area contributed by atoms with E-state index < -0.39 is 0 Å². The summed E-state index contributed by atoms with van der Waals surface area (Å²) in [5.74, 6) is 1.08. The van der Waals surface area contributed by atoms with Gasteiger partial charge in [-0.05, 0) is 45.2 Å². The first-order valence-corrected chi connectivity index (χ1v) is 7.86. The number of amides is 1. The van der Waals surface area contributed by atoms with Gasteiger partial charge >= 0.3 is 0 Å². The molecule has 1 atom stereocenters. The zero-order valence-corrected chi connectivity index (χ0v) is 13.1. The van der Waals surface area contributed by atoms with E-state index >= 15 is 0 Å². The number of carbonyl (C=O) groups is 1. The summed E-state index contributed by atoms with van der Waals surface area (Å²) in [7, 11) is 0. The number of benzene rings is 1.